The van der Waals surface area contributed by atoms with Gasteiger partial charge in [-0.15, -0.1) is 0 Å². The zero-order valence-corrected chi connectivity index (χ0v) is 8.94. The van der Waals surface area contributed by atoms with Crippen molar-refractivity contribution in [3.05, 3.63) is 30.5 Å². The van der Waals surface area contributed by atoms with Gasteiger partial charge in [0.1, 0.15) is 0 Å². The molecule has 1 fully saturated rings. The maximum absolute atomic E-state index is 6.37. The summed E-state index contributed by atoms with van der Waals surface area (Å²) in [6.45, 7) is 4.38. The highest BCUT2D eigenvalue weighted by molar-refractivity contribution is 5.42. The van der Waals surface area contributed by atoms with E-state index in [9.17, 15) is 0 Å². The summed E-state index contributed by atoms with van der Waals surface area (Å²) >= 11 is 0. The fraction of sp³-hybridized carbons (Fsp3) is 0.455. The van der Waals surface area contributed by atoms with Crippen molar-refractivity contribution in [3.63, 3.8) is 0 Å². The third kappa shape index (κ3) is 0.997. The first-order valence-corrected chi connectivity index (χ1v) is 5.11. The van der Waals surface area contributed by atoms with Crippen molar-refractivity contribution in [2.45, 2.75) is 25.8 Å². The molecule has 2 aromatic heterocycles. The number of rotatable bonds is 1. The second-order valence-electron chi connectivity index (χ2n) is 4.98. The summed E-state index contributed by atoms with van der Waals surface area (Å²) in [6, 6.07) is 0. The quantitative estimate of drug-likeness (QED) is 0.758. The topological polar surface area (TPSA) is 56.2 Å². The third-order valence-corrected chi connectivity index (χ3v) is 3.58. The highest BCUT2D eigenvalue weighted by Gasteiger charge is 2.60. The molecular formula is C11H14N4. The van der Waals surface area contributed by atoms with Crippen LogP contribution in [-0.2, 0) is 5.54 Å². The molecule has 3 rings (SSSR count). The van der Waals surface area contributed by atoms with Crippen molar-refractivity contribution in [2.75, 3.05) is 0 Å². The average molecular weight is 202 g/mol. The number of fused-ring (bicyclic) bond motifs is 1. The maximum atomic E-state index is 6.37. The summed E-state index contributed by atoms with van der Waals surface area (Å²) in [5, 5.41) is 0. The van der Waals surface area contributed by atoms with Crippen molar-refractivity contribution >= 4 is 5.65 Å². The normalized spacial score (nSPS) is 28.2. The first kappa shape index (κ1) is 8.85. The summed E-state index contributed by atoms with van der Waals surface area (Å²) in [5.74, 6) is 0. The van der Waals surface area contributed by atoms with Gasteiger partial charge in [-0.05, 0) is 11.8 Å². The van der Waals surface area contributed by atoms with E-state index in [0.717, 1.165) is 17.8 Å². The molecule has 0 radical (unpaired) electrons. The second kappa shape index (κ2) is 2.39. The SMILES string of the molecule is CC1(C)CC1(N)c1cnc2cnccn12. The van der Waals surface area contributed by atoms with Crippen molar-refractivity contribution in [2.24, 2.45) is 11.1 Å². The number of hydrogen-bond acceptors (Lipinski definition) is 3. The molecule has 2 aromatic rings. The van der Waals surface area contributed by atoms with Crippen LogP contribution in [-0.4, -0.2) is 14.4 Å². The number of nitrogens with two attached hydrogens (primary N) is 1. The van der Waals surface area contributed by atoms with Gasteiger partial charge in [-0.1, -0.05) is 13.8 Å². The van der Waals surface area contributed by atoms with Crippen LogP contribution in [0.1, 0.15) is 26.0 Å². The molecular weight excluding hydrogens is 188 g/mol. The van der Waals surface area contributed by atoms with E-state index >= 15 is 0 Å². The molecule has 0 bridgehead atoms. The molecule has 2 N–H and O–H groups in total. The Bertz CT molecular complexity index is 528. The number of nitrogens with zero attached hydrogens (tertiary/aromatic N) is 3. The van der Waals surface area contributed by atoms with Gasteiger partial charge in [0.15, 0.2) is 5.65 Å². The molecule has 1 saturated carbocycles. The van der Waals surface area contributed by atoms with E-state index < -0.39 is 0 Å². The van der Waals surface area contributed by atoms with Crippen LogP contribution in [0, 0.1) is 5.41 Å². The summed E-state index contributed by atoms with van der Waals surface area (Å²) in [7, 11) is 0. The Morgan fingerprint density at radius 2 is 2.13 bits per heavy atom. The fourth-order valence-corrected chi connectivity index (χ4v) is 2.26. The van der Waals surface area contributed by atoms with Gasteiger partial charge >= 0.3 is 0 Å². The van der Waals surface area contributed by atoms with Crippen LogP contribution in [0.2, 0.25) is 0 Å². The minimum Gasteiger partial charge on any atom is -0.320 e. The summed E-state index contributed by atoms with van der Waals surface area (Å²) in [4.78, 5) is 8.35. The molecule has 4 heteroatoms. The molecule has 0 aliphatic heterocycles. The van der Waals surface area contributed by atoms with Gasteiger partial charge < -0.3 is 5.73 Å². The number of aromatic nitrogens is 3. The van der Waals surface area contributed by atoms with Crippen molar-refractivity contribution in [1.82, 2.24) is 14.4 Å². The van der Waals surface area contributed by atoms with Crippen LogP contribution in [0.4, 0.5) is 0 Å². The highest BCUT2D eigenvalue weighted by Crippen LogP contribution is 2.60. The Kier molecular flexibility index (Phi) is 1.41. The van der Waals surface area contributed by atoms with E-state index in [1.165, 1.54) is 0 Å². The Labute approximate surface area is 88.1 Å². The lowest BCUT2D eigenvalue weighted by molar-refractivity contribution is 0.497. The van der Waals surface area contributed by atoms with Crippen LogP contribution in [0.15, 0.2) is 24.8 Å². The van der Waals surface area contributed by atoms with Crippen molar-refractivity contribution in [1.29, 1.82) is 0 Å². The van der Waals surface area contributed by atoms with Crippen LogP contribution in [0.5, 0.6) is 0 Å². The third-order valence-electron chi connectivity index (χ3n) is 3.58. The van der Waals surface area contributed by atoms with Gasteiger partial charge in [0.05, 0.1) is 23.6 Å². The zero-order chi connectivity index (χ0) is 10.7. The smallest absolute Gasteiger partial charge is 0.155 e. The van der Waals surface area contributed by atoms with Crippen LogP contribution in [0.25, 0.3) is 5.65 Å². The van der Waals surface area contributed by atoms with Crippen LogP contribution >= 0.6 is 0 Å². The maximum Gasteiger partial charge on any atom is 0.155 e. The Balaban J connectivity index is 2.21. The predicted octanol–water partition coefficient (Wildman–Crippen LogP) is 1.31. The van der Waals surface area contributed by atoms with E-state index in [2.05, 4.69) is 23.8 Å². The van der Waals surface area contributed by atoms with E-state index in [-0.39, 0.29) is 11.0 Å². The molecule has 1 aliphatic rings. The minimum atomic E-state index is -0.228. The summed E-state index contributed by atoms with van der Waals surface area (Å²) < 4.78 is 2.03. The number of imidazole rings is 1. The Hall–Kier alpha value is -1.42. The minimum absolute atomic E-state index is 0.173. The highest BCUT2D eigenvalue weighted by atomic mass is 15.1. The van der Waals surface area contributed by atoms with Gasteiger partial charge in [-0.2, -0.15) is 0 Å². The van der Waals surface area contributed by atoms with Gasteiger partial charge in [0, 0.05) is 12.4 Å². The molecule has 2 heterocycles. The summed E-state index contributed by atoms with van der Waals surface area (Å²) in [6.07, 6.45) is 8.31. The fourth-order valence-electron chi connectivity index (χ4n) is 2.26. The molecule has 0 saturated heterocycles. The molecule has 78 valence electrons. The largest absolute Gasteiger partial charge is 0.320 e. The lowest BCUT2D eigenvalue weighted by atomic mass is 10.0. The van der Waals surface area contributed by atoms with Crippen LogP contribution in [0.3, 0.4) is 0 Å². The zero-order valence-electron chi connectivity index (χ0n) is 8.94. The van der Waals surface area contributed by atoms with Gasteiger partial charge in [-0.3, -0.25) is 9.38 Å². The van der Waals surface area contributed by atoms with Gasteiger partial charge in [0.2, 0.25) is 0 Å². The first-order valence-electron chi connectivity index (χ1n) is 5.11. The van der Waals surface area contributed by atoms with E-state index in [0.29, 0.717) is 0 Å². The summed E-state index contributed by atoms with van der Waals surface area (Å²) in [5.41, 5.74) is 8.27. The molecule has 1 unspecified atom stereocenters. The molecule has 0 amide bonds. The average Bonchev–Trinajstić information content (AvgIpc) is 2.61. The Morgan fingerprint density at radius 1 is 1.40 bits per heavy atom. The van der Waals surface area contributed by atoms with Crippen molar-refractivity contribution in [3.8, 4) is 0 Å². The second-order valence-corrected chi connectivity index (χ2v) is 4.98. The first-order chi connectivity index (χ1) is 7.05. The molecule has 0 spiro atoms. The molecule has 1 aliphatic carbocycles. The predicted molar refractivity (Wildman–Crippen MR) is 57.3 cm³/mol. The van der Waals surface area contributed by atoms with Gasteiger partial charge in [-0.25, -0.2) is 4.98 Å². The van der Waals surface area contributed by atoms with Crippen molar-refractivity contribution < 1.29 is 0 Å². The van der Waals surface area contributed by atoms with E-state index in [4.69, 9.17) is 5.73 Å². The molecule has 0 aromatic carbocycles. The lowest BCUT2D eigenvalue weighted by Gasteiger charge is -2.14. The molecule has 15 heavy (non-hydrogen) atoms. The molecule has 1 atom stereocenters. The lowest BCUT2D eigenvalue weighted by Crippen LogP contribution is -2.27. The monoisotopic (exact) mass is 202 g/mol. The van der Waals surface area contributed by atoms with E-state index in [1.807, 2.05) is 16.8 Å². The van der Waals surface area contributed by atoms with E-state index in [1.54, 1.807) is 12.4 Å². The van der Waals surface area contributed by atoms with Gasteiger partial charge in [0.25, 0.3) is 0 Å². The van der Waals surface area contributed by atoms with Crippen LogP contribution < -0.4 is 5.73 Å². The number of hydrogen-bond donors (Lipinski definition) is 1. The standard InChI is InChI=1S/C11H14N4/c1-10(2)7-11(10,12)8-5-14-9-6-13-3-4-15(8)9/h3-6H,7,12H2,1-2H3. The molecule has 4 nitrogen and oxygen atoms in total. The Morgan fingerprint density at radius 3 is 2.80 bits per heavy atom.